The highest BCUT2D eigenvalue weighted by Crippen LogP contribution is 2.31. The Kier molecular flexibility index (Phi) is 1.62. The van der Waals surface area contributed by atoms with Crippen molar-refractivity contribution in [2.45, 2.75) is 0 Å². The van der Waals surface area contributed by atoms with E-state index in [1.54, 1.807) is 0 Å². The molecule has 1 rings (SSSR count). The van der Waals surface area contributed by atoms with Gasteiger partial charge in [0.2, 0.25) is 0 Å². The van der Waals surface area contributed by atoms with Crippen LogP contribution in [0.15, 0.2) is 16.6 Å². The molecule has 0 saturated heterocycles. The molecule has 0 amide bonds. The molecule has 1 radical (unpaired) electrons. The highest BCUT2D eigenvalue weighted by atomic mass is 79.9. The van der Waals surface area contributed by atoms with Crippen LogP contribution in [0.3, 0.4) is 0 Å². The van der Waals surface area contributed by atoms with E-state index in [4.69, 9.17) is 10.2 Å². The van der Waals surface area contributed by atoms with Crippen molar-refractivity contribution in [2.75, 3.05) is 0 Å². The third-order valence-electron chi connectivity index (χ3n) is 0.890. The third kappa shape index (κ3) is 1.16. The molecule has 0 aliphatic rings. The standard InChI is InChI=1S/C6H4BrO2/c7-6-4(8)2-1-3-5(6)9/h2-3,8-9H. The number of rotatable bonds is 0. The monoisotopic (exact) mass is 187 g/mol. The lowest BCUT2D eigenvalue weighted by atomic mass is 10.3. The van der Waals surface area contributed by atoms with E-state index < -0.39 is 0 Å². The van der Waals surface area contributed by atoms with Gasteiger partial charge in [-0.2, -0.15) is 0 Å². The van der Waals surface area contributed by atoms with Crippen LogP contribution in [-0.4, -0.2) is 10.2 Å². The Bertz CT molecular complexity index is 202. The molecule has 47 valence electrons. The number of benzene rings is 1. The summed E-state index contributed by atoms with van der Waals surface area (Å²) in [6.45, 7) is 0. The fraction of sp³-hybridized carbons (Fsp3) is 0. The number of halogens is 1. The van der Waals surface area contributed by atoms with Crippen molar-refractivity contribution in [1.29, 1.82) is 0 Å². The summed E-state index contributed by atoms with van der Waals surface area (Å²) >= 11 is 2.96. The van der Waals surface area contributed by atoms with Crippen LogP contribution in [0.25, 0.3) is 0 Å². The summed E-state index contributed by atoms with van der Waals surface area (Å²) in [6.07, 6.45) is 0. The fourth-order valence-corrected chi connectivity index (χ4v) is 0.686. The molecule has 0 aliphatic carbocycles. The number of hydrogen-bond donors (Lipinski definition) is 2. The first-order valence-corrected chi connectivity index (χ1v) is 3.08. The summed E-state index contributed by atoms with van der Waals surface area (Å²) in [4.78, 5) is 0. The Balaban J connectivity index is 3.25. The van der Waals surface area contributed by atoms with Gasteiger partial charge in [-0.05, 0) is 34.1 Å². The van der Waals surface area contributed by atoms with Gasteiger partial charge in [0.05, 0.1) is 0 Å². The van der Waals surface area contributed by atoms with E-state index in [1.165, 1.54) is 12.1 Å². The van der Waals surface area contributed by atoms with Gasteiger partial charge in [0.25, 0.3) is 0 Å². The smallest absolute Gasteiger partial charge is 0.134 e. The summed E-state index contributed by atoms with van der Waals surface area (Å²) in [7, 11) is 0. The number of phenolic OH excluding ortho intramolecular Hbond substituents is 2. The zero-order valence-corrected chi connectivity index (χ0v) is 6.01. The average molecular weight is 188 g/mol. The zero-order valence-electron chi connectivity index (χ0n) is 4.43. The van der Waals surface area contributed by atoms with Crippen LogP contribution in [0.4, 0.5) is 0 Å². The summed E-state index contributed by atoms with van der Waals surface area (Å²) in [5.74, 6) is -0.00926. The molecule has 1 aromatic carbocycles. The van der Waals surface area contributed by atoms with Crippen molar-refractivity contribution in [3.05, 3.63) is 22.7 Å². The van der Waals surface area contributed by atoms with Crippen molar-refractivity contribution in [3.8, 4) is 11.5 Å². The lowest BCUT2D eigenvalue weighted by Crippen LogP contribution is -1.68. The normalized spacial score (nSPS) is 9.44. The predicted molar refractivity (Wildman–Crippen MR) is 36.3 cm³/mol. The van der Waals surface area contributed by atoms with E-state index in [0.29, 0.717) is 4.47 Å². The molecular formula is C6H4BrO2. The molecule has 9 heavy (non-hydrogen) atoms. The van der Waals surface area contributed by atoms with Crippen molar-refractivity contribution in [1.82, 2.24) is 0 Å². The summed E-state index contributed by atoms with van der Waals surface area (Å²) in [5.41, 5.74) is 0. The molecule has 0 aromatic heterocycles. The molecular weight excluding hydrogens is 184 g/mol. The average Bonchev–Trinajstić information content (AvgIpc) is 1.83. The number of phenols is 2. The van der Waals surface area contributed by atoms with Crippen LogP contribution < -0.4 is 0 Å². The summed E-state index contributed by atoms with van der Waals surface area (Å²) in [6, 6.07) is 5.27. The van der Waals surface area contributed by atoms with Crippen LogP contribution in [0, 0.1) is 6.07 Å². The Morgan fingerprint density at radius 3 is 2.00 bits per heavy atom. The van der Waals surface area contributed by atoms with Crippen molar-refractivity contribution < 1.29 is 10.2 Å². The van der Waals surface area contributed by atoms with Crippen LogP contribution in [0.2, 0.25) is 0 Å². The largest absolute Gasteiger partial charge is 0.507 e. The Morgan fingerprint density at radius 2 is 1.67 bits per heavy atom. The van der Waals surface area contributed by atoms with Crippen LogP contribution >= 0.6 is 15.9 Å². The highest BCUT2D eigenvalue weighted by molar-refractivity contribution is 9.10. The van der Waals surface area contributed by atoms with Gasteiger partial charge in [-0.15, -0.1) is 0 Å². The summed E-state index contributed by atoms with van der Waals surface area (Å²) < 4.78 is 0.307. The second-order valence-electron chi connectivity index (χ2n) is 1.54. The third-order valence-corrected chi connectivity index (χ3v) is 1.70. The van der Waals surface area contributed by atoms with Gasteiger partial charge in [0.1, 0.15) is 16.0 Å². The lowest BCUT2D eigenvalue weighted by Gasteiger charge is -1.95. The molecule has 0 atom stereocenters. The van der Waals surface area contributed by atoms with Gasteiger partial charge >= 0.3 is 0 Å². The molecule has 0 aliphatic heterocycles. The first-order valence-electron chi connectivity index (χ1n) is 2.29. The molecule has 3 heteroatoms. The van der Waals surface area contributed by atoms with Gasteiger partial charge in [-0.25, -0.2) is 0 Å². The van der Waals surface area contributed by atoms with Gasteiger partial charge in [0, 0.05) is 0 Å². The van der Waals surface area contributed by atoms with Crippen molar-refractivity contribution >= 4 is 15.9 Å². The summed E-state index contributed by atoms with van der Waals surface area (Å²) in [5, 5.41) is 17.7. The Hall–Kier alpha value is -0.700. The molecule has 0 spiro atoms. The van der Waals surface area contributed by atoms with Gasteiger partial charge in [-0.3, -0.25) is 0 Å². The second kappa shape index (κ2) is 2.27. The van der Waals surface area contributed by atoms with Gasteiger partial charge < -0.3 is 10.2 Å². The van der Waals surface area contributed by atoms with E-state index in [0.717, 1.165) is 0 Å². The van der Waals surface area contributed by atoms with Crippen molar-refractivity contribution in [3.63, 3.8) is 0 Å². The number of hydrogen-bond acceptors (Lipinski definition) is 2. The van der Waals surface area contributed by atoms with E-state index in [9.17, 15) is 0 Å². The minimum absolute atomic E-state index is 0.00463. The molecule has 1 aromatic rings. The lowest BCUT2D eigenvalue weighted by molar-refractivity contribution is 0.444. The van der Waals surface area contributed by atoms with Crippen LogP contribution in [0.5, 0.6) is 11.5 Å². The predicted octanol–water partition coefficient (Wildman–Crippen LogP) is 1.66. The zero-order chi connectivity index (χ0) is 6.85. The maximum absolute atomic E-state index is 8.86. The molecule has 0 heterocycles. The first-order chi connectivity index (χ1) is 4.22. The maximum Gasteiger partial charge on any atom is 0.134 e. The minimum atomic E-state index is -0.00463. The van der Waals surface area contributed by atoms with Crippen LogP contribution in [-0.2, 0) is 0 Å². The fourth-order valence-electron chi connectivity index (χ4n) is 0.457. The van der Waals surface area contributed by atoms with Crippen molar-refractivity contribution in [2.24, 2.45) is 0 Å². The van der Waals surface area contributed by atoms with E-state index in [2.05, 4.69) is 22.0 Å². The Labute approximate surface area is 60.9 Å². The van der Waals surface area contributed by atoms with Crippen LogP contribution in [0.1, 0.15) is 0 Å². The maximum atomic E-state index is 8.86. The molecule has 0 saturated carbocycles. The molecule has 0 bridgehead atoms. The Morgan fingerprint density at radius 1 is 1.22 bits per heavy atom. The second-order valence-corrected chi connectivity index (χ2v) is 2.33. The first kappa shape index (κ1) is 6.42. The topological polar surface area (TPSA) is 40.5 Å². The molecule has 0 unspecified atom stereocenters. The van der Waals surface area contributed by atoms with E-state index >= 15 is 0 Å². The highest BCUT2D eigenvalue weighted by Gasteiger charge is 1.99. The van der Waals surface area contributed by atoms with E-state index in [1.807, 2.05) is 0 Å². The SMILES string of the molecule is Oc1c[c]cc(O)c1Br. The molecule has 2 N–H and O–H groups in total. The number of aromatic hydroxyl groups is 2. The van der Waals surface area contributed by atoms with Gasteiger partial charge in [-0.1, -0.05) is 0 Å². The molecule has 0 fully saturated rings. The quantitative estimate of drug-likeness (QED) is 0.649. The van der Waals surface area contributed by atoms with E-state index in [-0.39, 0.29) is 11.5 Å². The molecule has 2 nitrogen and oxygen atoms in total. The minimum Gasteiger partial charge on any atom is -0.507 e. The van der Waals surface area contributed by atoms with Gasteiger partial charge in [0.15, 0.2) is 0 Å².